The summed E-state index contributed by atoms with van der Waals surface area (Å²) in [6.45, 7) is 1.08. The quantitative estimate of drug-likeness (QED) is 0.442. The van der Waals surface area contributed by atoms with Crippen LogP contribution in [-0.2, 0) is 26.2 Å². The fraction of sp³-hybridized carbons (Fsp3) is 0.200. The van der Waals surface area contributed by atoms with Crippen molar-refractivity contribution in [2.75, 3.05) is 17.9 Å². The van der Waals surface area contributed by atoms with E-state index in [0.717, 1.165) is 4.31 Å². The first-order valence-electron chi connectivity index (χ1n) is 10.7. The van der Waals surface area contributed by atoms with Gasteiger partial charge >= 0.3 is 0 Å². The molecule has 0 fully saturated rings. The number of para-hydroxylation sites is 1. The smallest absolute Gasteiger partial charge is 0.264 e. The van der Waals surface area contributed by atoms with E-state index in [9.17, 15) is 18.0 Å². The summed E-state index contributed by atoms with van der Waals surface area (Å²) in [5, 5.41) is 3.36. The average molecular weight is 534 g/mol. The summed E-state index contributed by atoms with van der Waals surface area (Å²) in [4.78, 5) is 27.4. The minimum atomic E-state index is -4.13. The first kappa shape index (κ1) is 26.5. The largest absolute Gasteiger partial charge is 0.357 e. The van der Waals surface area contributed by atoms with Crippen LogP contribution >= 0.6 is 23.2 Å². The van der Waals surface area contributed by atoms with Crippen molar-refractivity contribution in [2.24, 2.45) is 0 Å². The molecule has 1 unspecified atom stereocenters. The van der Waals surface area contributed by atoms with Crippen LogP contribution in [0.25, 0.3) is 0 Å². The number of hydrogen-bond donors (Lipinski definition) is 1. The van der Waals surface area contributed by atoms with Crippen molar-refractivity contribution in [3.8, 4) is 0 Å². The summed E-state index contributed by atoms with van der Waals surface area (Å²) in [5.74, 6) is -0.959. The monoisotopic (exact) mass is 533 g/mol. The number of benzene rings is 3. The standard InChI is InChI=1S/C25H25Cl2N3O4S/c1-18(25(32)28-2)29(16-19-8-6-7-11-23(19)27)24(31)17-30(21-9-4-3-5-10-21)35(33,34)22-14-12-20(26)13-15-22/h3-15,18H,16-17H2,1-2H3,(H,28,32). The predicted octanol–water partition coefficient (Wildman–Crippen LogP) is 4.35. The molecule has 0 bridgehead atoms. The second-order valence-corrected chi connectivity index (χ2v) is 10.4. The van der Waals surface area contributed by atoms with Crippen LogP contribution < -0.4 is 9.62 Å². The van der Waals surface area contributed by atoms with Crippen LogP contribution in [0.15, 0.2) is 83.8 Å². The van der Waals surface area contributed by atoms with Crippen molar-refractivity contribution in [1.29, 1.82) is 0 Å². The van der Waals surface area contributed by atoms with Crippen molar-refractivity contribution in [1.82, 2.24) is 10.2 Å². The molecule has 0 spiro atoms. The molecule has 184 valence electrons. The van der Waals surface area contributed by atoms with Gasteiger partial charge in [0.25, 0.3) is 10.0 Å². The lowest BCUT2D eigenvalue weighted by molar-refractivity contribution is -0.139. The fourth-order valence-electron chi connectivity index (χ4n) is 3.46. The molecule has 0 radical (unpaired) electrons. The van der Waals surface area contributed by atoms with Crippen LogP contribution in [0.3, 0.4) is 0 Å². The van der Waals surface area contributed by atoms with Gasteiger partial charge in [-0.25, -0.2) is 8.42 Å². The number of carbonyl (C=O) groups is 2. The van der Waals surface area contributed by atoms with Gasteiger partial charge in [-0.05, 0) is 55.0 Å². The highest BCUT2D eigenvalue weighted by Gasteiger charge is 2.32. The molecule has 0 aliphatic carbocycles. The fourth-order valence-corrected chi connectivity index (χ4v) is 5.19. The third-order valence-electron chi connectivity index (χ3n) is 5.44. The van der Waals surface area contributed by atoms with E-state index in [1.54, 1.807) is 61.5 Å². The summed E-state index contributed by atoms with van der Waals surface area (Å²) in [5.41, 5.74) is 0.936. The maximum absolute atomic E-state index is 13.6. The Labute approximate surface area is 215 Å². The van der Waals surface area contributed by atoms with E-state index in [2.05, 4.69) is 5.32 Å². The van der Waals surface area contributed by atoms with E-state index in [-0.39, 0.29) is 11.4 Å². The van der Waals surface area contributed by atoms with E-state index in [0.29, 0.717) is 21.3 Å². The van der Waals surface area contributed by atoms with Crippen molar-refractivity contribution < 1.29 is 18.0 Å². The van der Waals surface area contributed by atoms with Crippen LogP contribution in [0.5, 0.6) is 0 Å². The predicted molar refractivity (Wildman–Crippen MR) is 138 cm³/mol. The van der Waals surface area contributed by atoms with Gasteiger partial charge in [-0.1, -0.05) is 59.6 Å². The van der Waals surface area contributed by atoms with Gasteiger partial charge in [0.2, 0.25) is 11.8 Å². The molecule has 0 saturated heterocycles. The molecular weight excluding hydrogens is 509 g/mol. The summed E-state index contributed by atoms with van der Waals surface area (Å²) >= 11 is 12.2. The molecule has 3 aromatic rings. The van der Waals surface area contributed by atoms with Gasteiger partial charge in [0.15, 0.2) is 0 Å². The van der Waals surface area contributed by atoms with E-state index < -0.39 is 34.4 Å². The van der Waals surface area contributed by atoms with Gasteiger partial charge in [-0.2, -0.15) is 0 Å². The Kier molecular flexibility index (Phi) is 8.77. The topological polar surface area (TPSA) is 86.8 Å². The van der Waals surface area contributed by atoms with Gasteiger partial charge in [0, 0.05) is 23.6 Å². The number of rotatable bonds is 9. The summed E-state index contributed by atoms with van der Waals surface area (Å²) in [6.07, 6.45) is 0. The summed E-state index contributed by atoms with van der Waals surface area (Å²) in [7, 11) is -2.66. The number of likely N-dealkylation sites (N-methyl/N-ethyl adjacent to an activating group) is 1. The van der Waals surface area contributed by atoms with E-state index in [4.69, 9.17) is 23.2 Å². The third-order valence-corrected chi connectivity index (χ3v) is 7.85. The maximum Gasteiger partial charge on any atom is 0.264 e. The Balaban J connectivity index is 2.01. The zero-order chi connectivity index (χ0) is 25.6. The van der Waals surface area contributed by atoms with Crippen molar-refractivity contribution >= 4 is 50.7 Å². The van der Waals surface area contributed by atoms with Crippen LogP contribution in [-0.4, -0.2) is 44.8 Å². The summed E-state index contributed by atoms with van der Waals surface area (Å²) < 4.78 is 28.2. The molecular formula is C25H25Cl2N3O4S. The molecule has 0 aromatic heterocycles. The Morgan fingerprint density at radius 1 is 0.914 bits per heavy atom. The first-order valence-corrected chi connectivity index (χ1v) is 12.9. The van der Waals surface area contributed by atoms with E-state index in [1.807, 2.05) is 0 Å². The number of amides is 2. The first-order chi connectivity index (χ1) is 16.6. The Hall–Kier alpha value is -3.07. The number of sulfonamides is 1. The van der Waals surface area contributed by atoms with Gasteiger partial charge in [-0.15, -0.1) is 0 Å². The van der Waals surface area contributed by atoms with Crippen LogP contribution in [0.4, 0.5) is 5.69 Å². The molecule has 3 aromatic carbocycles. The Morgan fingerprint density at radius 3 is 2.11 bits per heavy atom. The highest BCUT2D eigenvalue weighted by molar-refractivity contribution is 7.92. The number of hydrogen-bond acceptors (Lipinski definition) is 4. The molecule has 0 aliphatic heterocycles. The zero-order valence-electron chi connectivity index (χ0n) is 19.2. The molecule has 1 N–H and O–H groups in total. The normalized spacial score (nSPS) is 12.0. The number of nitrogens with zero attached hydrogens (tertiary/aromatic N) is 2. The molecule has 35 heavy (non-hydrogen) atoms. The molecule has 7 nitrogen and oxygen atoms in total. The Morgan fingerprint density at radius 2 is 1.51 bits per heavy atom. The summed E-state index contributed by atoms with van der Waals surface area (Å²) in [6, 6.07) is 20.1. The molecule has 10 heteroatoms. The Bertz CT molecular complexity index is 1290. The SMILES string of the molecule is CNC(=O)C(C)N(Cc1ccccc1Cl)C(=O)CN(c1ccccc1)S(=O)(=O)c1ccc(Cl)cc1. The van der Waals surface area contributed by atoms with E-state index >= 15 is 0 Å². The van der Waals surface area contributed by atoms with Gasteiger partial charge in [0.05, 0.1) is 10.6 Å². The number of anilines is 1. The van der Waals surface area contributed by atoms with Crippen molar-refractivity contribution in [3.05, 3.63) is 94.5 Å². The van der Waals surface area contributed by atoms with Crippen molar-refractivity contribution in [2.45, 2.75) is 24.4 Å². The van der Waals surface area contributed by atoms with Crippen LogP contribution in [0.1, 0.15) is 12.5 Å². The molecule has 3 rings (SSSR count). The van der Waals surface area contributed by atoms with Crippen molar-refractivity contribution in [3.63, 3.8) is 0 Å². The van der Waals surface area contributed by atoms with Gasteiger partial charge in [0.1, 0.15) is 12.6 Å². The highest BCUT2D eigenvalue weighted by atomic mass is 35.5. The average Bonchev–Trinajstić information content (AvgIpc) is 2.86. The third kappa shape index (κ3) is 6.33. The second-order valence-electron chi connectivity index (χ2n) is 7.70. The zero-order valence-corrected chi connectivity index (χ0v) is 21.5. The van der Waals surface area contributed by atoms with Gasteiger partial charge in [-0.3, -0.25) is 13.9 Å². The van der Waals surface area contributed by atoms with Gasteiger partial charge < -0.3 is 10.2 Å². The maximum atomic E-state index is 13.6. The molecule has 0 saturated carbocycles. The van der Waals surface area contributed by atoms with Crippen LogP contribution in [0.2, 0.25) is 10.0 Å². The van der Waals surface area contributed by atoms with E-state index in [1.165, 1.54) is 36.2 Å². The lowest BCUT2D eigenvalue weighted by atomic mass is 10.1. The lowest BCUT2D eigenvalue weighted by Crippen LogP contribution is -2.50. The number of halogens is 2. The molecule has 1 atom stereocenters. The minimum Gasteiger partial charge on any atom is -0.357 e. The minimum absolute atomic E-state index is 0.0180. The lowest BCUT2D eigenvalue weighted by Gasteiger charge is -2.32. The number of carbonyl (C=O) groups excluding carboxylic acids is 2. The molecule has 2 amide bonds. The second kappa shape index (κ2) is 11.6. The molecule has 0 aliphatic rings. The number of nitrogens with one attached hydrogen (secondary N) is 1. The molecule has 0 heterocycles. The van der Waals surface area contributed by atoms with Crippen LogP contribution in [0, 0.1) is 0 Å². The highest BCUT2D eigenvalue weighted by Crippen LogP contribution is 2.26.